The number of rotatable bonds is 3. The quantitative estimate of drug-likeness (QED) is 0.393. The Morgan fingerprint density at radius 2 is 1.82 bits per heavy atom. The van der Waals surface area contributed by atoms with Gasteiger partial charge in [0.1, 0.15) is 10.1 Å². The summed E-state index contributed by atoms with van der Waals surface area (Å²) in [4.78, 5) is 13.7. The average molecular weight is 423 g/mol. The highest BCUT2D eigenvalue weighted by Crippen LogP contribution is 2.35. The van der Waals surface area contributed by atoms with Gasteiger partial charge in [-0.2, -0.15) is 23.4 Å². The monoisotopic (exact) mass is 423 g/mol. The van der Waals surface area contributed by atoms with Crippen molar-refractivity contribution in [3.8, 4) is 5.75 Å². The Morgan fingerprint density at radius 1 is 1.14 bits per heavy atom. The average Bonchev–Trinajstić information content (AvgIpc) is 2.89. The molecule has 3 rings (SSSR count). The summed E-state index contributed by atoms with van der Waals surface area (Å²) in [5, 5.41) is 17.7. The Balaban J connectivity index is 1.87. The number of alkyl halides is 3. The maximum Gasteiger partial charge on any atom is 0.416 e. The van der Waals surface area contributed by atoms with Gasteiger partial charge in [-0.25, -0.2) is 0 Å². The number of hydrogen-bond donors (Lipinski definition) is 1. The number of carbonyl (C=O) groups is 1. The van der Waals surface area contributed by atoms with Gasteiger partial charge >= 0.3 is 6.18 Å². The molecule has 1 fully saturated rings. The number of nitrogens with zero attached hydrogens (tertiary/aromatic N) is 3. The molecule has 10 heteroatoms. The minimum absolute atomic E-state index is 0.0382. The number of phenolic OH excluding ortho intramolecular Hbond substituents is 1. The molecule has 0 unspecified atom stereocenters. The molecule has 2 aromatic rings. The fourth-order valence-electron chi connectivity index (χ4n) is 2.27. The van der Waals surface area contributed by atoms with Crippen molar-refractivity contribution in [2.75, 3.05) is 7.05 Å². The van der Waals surface area contributed by atoms with Crippen LogP contribution in [-0.2, 0) is 11.0 Å². The van der Waals surface area contributed by atoms with E-state index in [4.69, 9.17) is 12.2 Å². The largest absolute Gasteiger partial charge is 0.507 e. The van der Waals surface area contributed by atoms with Crippen molar-refractivity contribution in [3.05, 3.63) is 58.5 Å². The van der Waals surface area contributed by atoms with Crippen LogP contribution in [0.5, 0.6) is 5.75 Å². The van der Waals surface area contributed by atoms with Crippen LogP contribution in [0.4, 0.5) is 24.5 Å². The number of amides is 1. The van der Waals surface area contributed by atoms with E-state index in [2.05, 4.69) is 10.2 Å². The van der Waals surface area contributed by atoms with Gasteiger partial charge in [-0.1, -0.05) is 30.0 Å². The van der Waals surface area contributed by atoms with Crippen molar-refractivity contribution in [1.82, 2.24) is 4.90 Å². The number of azo groups is 1. The third-order valence-electron chi connectivity index (χ3n) is 3.74. The topological polar surface area (TPSA) is 65.3 Å². The lowest BCUT2D eigenvalue weighted by atomic mass is 10.1. The second kappa shape index (κ2) is 7.72. The molecule has 1 aliphatic rings. The second-order valence-corrected chi connectivity index (χ2v) is 7.41. The first-order chi connectivity index (χ1) is 13.1. The number of phenols is 1. The lowest BCUT2D eigenvalue weighted by Gasteiger charge is -2.06. The van der Waals surface area contributed by atoms with Gasteiger partial charge < -0.3 is 5.11 Å². The normalized spacial score (nSPS) is 16.6. The van der Waals surface area contributed by atoms with Crippen LogP contribution >= 0.6 is 24.0 Å². The third-order valence-corrected chi connectivity index (χ3v) is 5.22. The molecule has 1 saturated heterocycles. The zero-order valence-electron chi connectivity index (χ0n) is 14.3. The summed E-state index contributed by atoms with van der Waals surface area (Å²) in [6.07, 6.45) is -3.00. The molecule has 0 aromatic heterocycles. The van der Waals surface area contributed by atoms with Gasteiger partial charge in [-0.05, 0) is 42.5 Å². The van der Waals surface area contributed by atoms with E-state index in [9.17, 15) is 23.1 Å². The van der Waals surface area contributed by atoms with E-state index in [1.165, 1.54) is 41.3 Å². The van der Waals surface area contributed by atoms with Gasteiger partial charge in [-0.3, -0.25) is 9.69 Å². The Labute approximate surface area is 167 Å². The summed E-state index contributed by atoms with van der Waals surface area (Å²) in [5.74, 6) is -0.371. The Hall–Kier alpha value is -2.72. The molecule has 0 atom stereocenters. The van der Waals surface area contributed by atoms with Crippen LogP contribution in [0, 0.1) is 0 Å². The molecule has 2 aromatic carbocycles. The van der Waals surface area contributed by atoms with Gasteiger partial charge in [0, 0.05) is 12.6 Å². The van der Waals surface area contributed by atoms with Crippen molar-refractivity contribution in [1.29, 1.82) is 0 Å². The number of aromatic hydroxyl groups is 1. The zero-order chi connectivity index (χ0) is 20.5. The van der Waals surface area contributed by atoms with E-state index in [0.717, 1.165) is 23.9 Å². The van der Waals surface area contributed by atoms with Crippen molar-refractivity contribution >= 4 is 51.7 Å². The lowest BCUT2D eigenvalue weighted by Crippen LogP contribution is -2.22. The number of halogens is 3. The Bertz CT molecular complexity index is 1020. The minimum Gasteiger partial charge on any atom is -0.507 e. The van der Waals surface area contributed by atoms with Crippen LogP contribution in [0.25, 0.3) is 6.08 Å². The molecule has 1 heterocycles. The number of hydrogen-bond acceptors (Lipinski definition) is 6. The van der Waals surface area contributed by atoms with E-state index < -0.39 is 11.7 Å². The van der Waals surface area contributed by atoms with E-state index in [0.29, 0.717) is 20.5 Å². The molecular weight excluding hydrogens is 411 g/mol. The first-order valence-corrected chi connectivity index (χ1v) is 9.01. The molecule has 0 aliphatic carbocycles. The lowest BCUT2D eigenvalue weighted by molar-refractivity contribution is -0.137. The summed E-state index contributed by atoms with van der Waals surface area (Å²) in [7, 11) is 1.55. The standard InChI is InChI=1S/C18H12F3N3O2S2/c1-24-16(26)15(28-17(24)27)8-10-7-13(5-6-14(10)25)23-22-12-4-2-3-11(9-12)18(19,20)21/h2-9,25H,1H3/b15-8-,23-22?. The molecular formula is C18H12F3N3O2S2. The molecule has 0 saturated carbocycles. The minimum atomic E-state index is -4.47. The van der Waals surface area contributed by atoms with Crippen LogP contribution in [0.15, 0.2) is 57.6 Å². The second-order valence-electron chi connectivity index (χ2n) is 5.73. The number of likely N-dealkylation sites (N-methyl/N-ethyl adjacent to an activating group) is 1. The highest BCUT2D eigenvalue weighted by molar-refractivity contribution is 8.26. The summed E-state index contributed by atoms with van der Waals surface area (Å²) in [6.45, 7) is 0. The van der Waals surface area contributed by atoms with Gasteiger partial charge in [0.25, 0.3) is 5.91 Å². The van der Waals surface area contributed by atoms with Gasteiger partial charge in [0.15, 0.2) is 0 Å². The highest BCUT2D eigenvalue weighted by Gasteiger charge is 2.30. The maximum atomic E-state index is 12.8. The predicted molar refractivity (Wildman–Crippen MR) is 105 cm³/mol. The molecule has 28 heavy (non-hydrogen) atoms. The van der Waals surface area contributed by atoms with Crippen LogP contribution < -0.4 is 0 Å². The highest BCUT2D eigenvalue weighted by atomic mass is 32.2. The number of benzene rings is 2. The molecule has 144 valence electrons. The Kier molecular flexibility index (Phi) is 5.52. The molecule has 0 bridgehead atoms. The summed E-state index contributed by atoms with van der Waals surface area (Å²) in [6, 6.07) is 8.75. The van der Waals surface area contributed by atoms with Crippen LogP contribution in [0.1, 0.15) is 11.1 Å². The van der Waals surface area contributed by atoms with Crippen molar-refractivity contribution in [2.45, 2.75) is 6.18 Å². The first kappa shape index (κ1) is 20.0. The van der Waals surface area contributed by atoms with E-state index >= 15 is 0 Å². The van der Waals surface area contributed by atoms with E-state index in [-0.39, 0.29) is 17.3 Å². The van der Waals surface area contributed by atoms with Gasteiger partial charge in [0.2, 0.25) is 0 Å². The fourth-order valence-corrected chi connectivity index (χ4v) is 3.44. The van der Waals surface area contributed by atoms with Crippen LogP contribution in [-0.4, -0.2) is 27.3 Å². The van der Waals surface area contributed by atoms with E-state index in [1.54, 1.807) is 7.05 Å². The Morgan fingerprint density at radius 3 is 2.43 bits per heavy atom. The van der Waals surface area contributed by atoms with Gasteiger partial charge in [0.05, 0.1) is 21.8 Å². The molecule has 0 spiro atoms. The third kappa shape index (κ3) is 4.39. The summed E-state index contributed by atoms with van der Waals surface area (Å²) < 4.78 is 38.7. The maximum absolute atomic E-state index is 12.8. The summed E-state index contributed by atoms with van der Waals surface area (Å²) >= 11 is 6.16. The van der Waals surface area contributed by atoms with Crippen molar-refractivity contribution < 1.29 is 23.1 Å². The molecule has 1 amide bonds. The fraction of sp³-hybridized carbons (Fsp3) is 0.111. The number of thioether (sulfide) groups is 1. The predicted octanol–water partition coefficient (Wildman–Crippen LogP) is 5.66. The SMILES string of the molecule is CN1C(=O)/C(=C/c2cc(N=Nc3cccc(C(F)(F)F)c3)ccc2O)SC1=S. The van der Waals surface area contributed by atoms with Crippen LogP contribution in [0.3, 0.4) is 0 Å². The number of thiocarbonyl (C=S) groups is 1. The first-order valence-electron chi connectivity index (χ1n) is 7.79. The molecule has 0 radical (unpaired) electrons. The smallest absolute Gasteiger partial charge is 0.416 e. The van der Waals surface area contributed by atoms with E-state index in [1.807, 2.05) is 0 Å². The summed E-state index contributed by atoms with van der Waals surface area (Å²) in [5.41, 5.74) is -0.170. The van der Waals surface area contributed by atoms with Crippen LogP contribution in [0.2, 0.25) is 0 Å². The molecule has 5 nitrogen and oxygen atoms in total. The van der Waals surface area contributed by atoms with Crippen molar-refractivity contribution in [2.24, 2.45) is 10.2 Å². The number of carbonyl (C=O) groups excluding carboxylic acids is 1. The molecule has 1 aliphatic heterocycles. The molecule has 1 N–H and O–H groups in total. The zero-order valence-corrected chi connectivity index (χ0v) is 15.9. The van der Waals surface area contributed by atoms with Crippen molar-refractivity contribution in [3.63, 3.8) is 0 Å². The van der Waals surface area contributed by atoms with Gasteiger partial charge in [-0.15, -0.1) is 0 Å².